The van der Waals surface area contributed by atoms with Gasteiger partial charge in [0.25, 0.3) is 0 Å². The largest absolute Gasteiger partial charge is 0.490 e. The molecule has 7 heteroatoms. The van der Waals surface area contributed by atoms with Crippen LogP contribution < -0.4 is 4.74 Å². The molecule has 2 aromatic rings. The lowest BCUT2D eigenvalue weighted by atomic mass is 9.97. The Bertz CT molecular complexity index is 918. The van der Waals surface area contributed by atoms with E-state index >= 15 is 0 Å². The maximum absolute atomic E-state index is 14.7. The second-order valence-corrected chi connectivity index (χ2v) is 10.3. The highest BCUT2D eigenvalue weighted by molar-refractivity contribution is 5.63. The highest BCUT2D eigenvalue weighted by atomic mass is 19.1. The van der Waals surface area contributed by atoms with Crippen LogP contribution in [0.1, 0.15) is 57.9 Å². The fraction of sp³-hybridized carbons (Fsp3) is 0.593. The minimum Gasteiger partial charge on any atom is -0.490 e. The zero-order valence-corrected chi connectivity index (χ0v) is 20.4. The molecule has 3 heterocycles. The van der Waals surface area contributed by atoms with Gasteiger partial charge in [-0.3, -0.25) is 9.88 Å². The molecule has 0 aliphatic carbocycles. The molecule has 1 aromatic heterocycles. The molecule has 0 amide bonds. The quantitative estimate of drug-likeness (QED) is 0.571. The van der Waals surface area contributed by atoms with Crippen molar-refractivity contribution in [2.24, 2.45) is 5.92 Å². The molecule has 0 spiro atoms. The van der Waals surface area contributed by atoms with Crippen LogP contribution in [-0.4, -0.2) is 64.9 Å². The Hall–Kier alpha value is -2.09. The summed E-state index contributed by atoms with van der Waals surface area (Å²) >= 11 is 0. The van der Waals surface area contributed by atoms with Crippen molar-refractivity contribution in [3.05, 3.63) is 48.0 Å². The number of likely N-dealkylation sites (tertiary alicyclic amines) is 2. The van der Waals surface area contributed by atoms with Gasteiger partial charge in [-0.25, -0.2) is 8.78 Å². The number of nitrogens with zero attached hydrogens (tertiary/aromatic N) is 3. The summed E-state index contributed by atoms with van der Waals surface area (Å²) in [5, 5.41) is 10.6. The molecule has 1 N–H and O–H groups in total. The number of hydrogen-bond acceptors (Lipinski definition) is 5. The molecule has 2 aliphatic rings. The molecule has 0 radical (unpaired) electrons. The lowest BCUT2D eigenvalue weighted by molar-refractivity contribution is -0.0128. The normalized spacial score (nSPS) is 19.8. The molecule has 0 bridgehead atoms. The molecule has 4 rings (SSSR count). The number of pyridine rings is 1. The minimum absolute atomic E-state index is 0.251. The molecule has 5 nitrogen and oxygen atoms in total. The number of benzene rings is 1. The standard InChI is InChI=1S/C27H37F2N3O2/c1-27(2,29)19-31-14-10-20(11-15-31)18-34-25-9-7-21(16-23(25)28)22-6-8-24(30-17-22)26(33)32-12-4-3-5-13-32/h6-9,16-17,20,26,33H,3-5,10-15,18-19H2,1-2H3. The highest BCUT2D eigenvalue weighted by Gasteiger charge is 2.26. The molecule has 1 aromatic carbocycles. The van der Waals surface area contributed by atoms with Gasteiger partial charge in [-0.1, -0.05) is 18.6 Å². The van der Waals surface area contributed by atoms with E-state index in [9.17, 15) is 13.9 Å². The van der Waals surface area contributed by atoms with Crippen LogP contribution in [0, 0.1) is 11.7 Å². The van der Waals surface area contributed by atoms with Crippen molar-refractivity contribution in [3.8, 4) is 16.9 Å². The number of aromatic nitrogens is 1. The van der Waals surface area contributed by atoms with Crippen LogP contribution in [0.15, 0.2) is 36.5 Å². The monoisotopic (exact) mass is 473 g/mol. The lowest BCUT2D eigenvalue weighted by Gasteiger charge is -2.34. The molecule has 0 saturated carbocycles. The fourth-order valence-electron chi connectivity index (χ4n) is 4.93. The lowest BCUT2D eigenvalue weighted by Crippen LogP contribution is -2.41. The zero-order valence-electron chi connectivity index (χ0n) is 20.4. The molecule has 34 heavy (non-hydrogen) atoms. The third-order valence-electron chi connectivity index (χ3n) is 6.83. The second-order valence-electron chi connectivity index (χ2n) is 10.3. The first-order valence-electron chi connectivity index (χ1n) is 12.5. The third kappa shape index (κ3) is 6.74. The van der Waals surface area contributed by atoms with Gasteiger partial charge in [0.1, 0.15) is 5.67 Å². The van der Waals surface area contributed by atoms with Crippen molar-refractivity contribution >= 4 is 0 Å². The van der Waals surface area contributed by atoms with E-state index in [-0.39, 0.29) is 5.75 Å². The van der Waals surface area contributed by atoms with Gasteiger partial charge in [-0.05, 0) is 82.3 Å². The number of alkyl halides is 1. The number of aliphatic hydroxyl groups excluding tert-OH is 1. The maximum Gasteiger partial charge on any atom is 0.165 e. The number of aliphatic hydroxyl groups is 1. The molecule has 2 aliphatic heterocycles. The van der Waals surface area contributed by atoms with Crippen LogP contribution in [0.2, 0.25) is 0 Å². The van der Waals surface area contributed by atoms with Crippen molar-refractivity contribution < 1.29 is 18.6 Å². The summed E-state index contributed by atoms with van der Waals surface area (Å²) in [6.07, 6.45) is 6.24. The third-order valence-corrected chi connectivity index (χ3v) is 6.83. The van der Waals surface area contributed by atoms with Crippen LogP contribution in [-0.2, 0) is 0 Å². The summed E-state index contributed by atoms with van der Waals surface area (Å²) in [5.41, 5.74) is 0.950. The van der Waals surface area contributed by atoms with E-state index in [4.69, 9.17) is 4.74 Å². The number of ether oxygens (including phenoxy) is 1. The molecular formula is C27H37F2N3O2. The van der Waals surface area contributed by atoms with Crippen molar-refractivity contribution in [1.29, 1.82) is 0 Å². The van der Waals surface area contributed by atoms with Crippen LogP contribution in [0.4, 0.5) is 8.78 Å². The Kier molecular flexibility index (Phi) is 8.17. The topological polar surface area (TPSA) is 48.8 Å². The van der Waals surface area contributed by atoms with Gasteiger partial charge in [0.2, 0.25) is 0 Å². The molecule has 186 valence electrons. The summed E-state index contributed by atoms with van der Waals surface area (Å²) in [7, 11) is 0. The summed E-state index contributed by atoms with van der Waals surface area (Å²) < 4.78 is 34.4. The molecule has 2 fully saturated rings. The van der Waals surface area contributed by atoms with Crippen molar-refractivity contribution in [2.75, 3.05) is 39.3 Å². The van der Waals surface area contributed by atoms with Crippen molar-refractivity contribution in [2.45, 2.75) is 57.8 Å². The Morgan fingerprint density at radius 3 is 2.38 bits per heavy atom. The molecule has 1 unspecified atom stereocenters. The highest BCUT2D eigenvalue weighted by Crippen LogP contribution is 2.28. The van der Waals surface area contributed by atoms with E-state index in [2.05, 4.69) is 9.88 Å². The average Bonchev–Trinajstić information content (AvgIpc) is 2.83. The number of rotatable bonds is 8. The van der Waals surface area contributed by atoms with E-state index in [0.29, 0.717) is 24.8 Å². The average molecular weight is 474 g/mol. The Morgan fingerprint density at radius 1 is 1.06 bits per heavy atom. The molecule has 1 atom stereocenters. The van der Waals surface area contributed by atoms with E-state index in [1.165, 1.54) is 12.5 Å². The Balaban J connectivity index is 1.30. The van der Waals surface area contributed by atoms with Crippen LogP contribution in [0.3, 0.4) is 0 Å². The summed E-state index contributed by atoms with van der Waals surface area (Å²) in [6, 6.07) is 8.66. The van der Waals surface area contributed by atoms with E-state index in [1.807, 2.05) is 23.1 Å². The van der Waals surface area contributed by atoms with Gasteiger partial charge in [0, 0.05) is 31.4 Å². The first-order valence-corrected chi connectivity index (χ1v) is 12.5. The van der Waals surface area contributed by atoms with Crippen molar-refractivity contribution in [1.82, 2.24) is 14.8 Å². The second kappa shape index (κ2) is 11.1. The summed E-state index contributed by atoms with van der Waals surface area (Å²) in [4.78, 5) is 8.63. The SMILES string of the molecule is CC(C)(F)CN1CCC(COc2ccc(-c3ccc(C(O)N4CCCCC4)nc3)cc2F)CC1. The van der Waals surface area contributed by atoms with E-state index < -0.39 is 17.7 Å². The minimum atomic E-state index is -1.18. The molecule has 2 saturated heterocycles. The van der Waals surface area contributed by atoms with Crippen LogP contribution >= 0.6 is 0 Å². The number of halogens is 2. The van der Waals surface area contributed by atoms with Gasteiger partial charge in [-0.2, -0.15) is 0 Å². The Labute approximate surface area is 201 Å². The first-order chi connectivity index (χ1) is 16.3. The van der Waals surface area contributed by atoms with Gasteiger partial charge < -0.3 is 14.7 Å². The van der Waals surface area contributed by atoms with Gasteiger partial charge >= 0.3 is 0 Å². The van der Waals surface area contributed by atoms with Gasteiger partial charge in [-0.15, -0.1) is 0 Å². The summed E-state index contributed by atoms with van der Waals surface area (Å²) in [6.45, 7) is 7.59. The predicted octanol–water partition coefficient (Wildman–Crippen LogP) is 5.20. The fourth-order valence-corrected chi connectivity index (χ4v) is 4.93. The molecular weight excluding hydrogens is 436 g/mol. The van der Waals surface area contributed by atoms with E-state index in [0.717, 1.165) is 63.0 Å². The predicted molar refractivity (Wildman–Crippen MR) is 130 cm³/mol. The van der Waals surface area contributed by atoms with Crippen molar-refractivity contribution in [3.63, 3.8) is 0 Å². The first kappa shape index (κ1) is 25.0. The smallest absolute Gasteiger partial charge is 0.165 e. The number of piperidine rings is 2. The van der Waals surface area contributed by atoms with Gasteiger partial charge in [0.15, 0.2) is 17.8 Å². The maximum atomic E-state index is 14.7. The zero-order chi connectivity index (χ0) is 24.1. The summed E-state index contributed by atoms with van der Waals surface area (Å²) in [5.74, 6) is 0.203. The van der Waals surface area contributed by atoms with Gasteiger partial charge in [0.05, 0.1) is 12.3 Å². The van der Waals surface area contributed by atoms with E-state index in [1.54, 1.807) is 26.1 Å². The van der Waals surface area contributed by atoms with Crippen LogP contribution in [0.5, 0.6) is 5.75 Å². The number of hydrogen-bond donors (Lipinski definition) is 1. The Morgan fingerprint density at radius 2 is 1.76 bits per heavy atom. The van der Waals surface area contributed by atoms with Crippen LogP contribution in [0.25, 0.3) is 11.1 Å².